The quantitative estimate of drug-likeness (QED) is 0.521. The van der Waals surface area contributed by atoms with E-state index in [0.717, 1.165) is 12.0 Å². The molecule has 2 fully saturated rings. The molecular formula is C16H30BrN. The van der Waals surface area contributed by atoms with Crippen LogP contribution in [0.15, 0.2) is 0 Å². The first-order valence-electron chi connectivity index (χ1n) is 8.03. The first kappa shape index (κ1) is 14.8. The number of rotatable bonds is 10. The Morgan fingerprint density at radius 3 is 2.06 bits per heavy atom. The zero-order valence-corrected chi connectivity index (χ0v) is 13.8. The summed E-state index contributed by atoms with van der Waals surface area (Å²) >= 11 is 3.83. The van der Waals surface area contributed by atoms with Crippen molar-refractivity contribution in [2.45, 2.75) is 71.3 Å². The Bertz CT molecular complexity index is 239. The molecule has 2 aliphatic rings. The summed E-state index contributed by atoms with van der Waals surface area (Å²) in [6.45, 7) is 7.43. The van der Waals surface area contributed by atoms with E-state index in [4.69, 9.17) is 0 Å². The Kier molecular flexibility index (Phi) is 5.56. The highest BCUT2D eigenvalue weighted by Gasteiger charge is 2.38. The molecule has 18 heavy (non-hydrogen) atoms. The summed E-state index contributed by atoms with van der Waals surface area (Å²) in [5.41, 5.74) is 0.543. The summed E-state index contributed by atoms with van der Waals surface area (Å²) in [5, 5.41) is 1.19. The van der Waals surface area contributed by atoms with E-state index in [2.05, 4.69) is 34.7 Å². The lowest BCUT2D eigenvalue weighted by Gasteiger charge is -2.37. The SMILES string of the molecule is CCCC(CBr)(CCC)CN(CC1CC1)C1CC1. The molecule has 0 aromatic rings. The van der Waals surface area contributed by atoms with Gasteiger partial charge in [0.1, 0.15) is 0 Å². The Labute approximate surface area is 122 Å². The summed E-state index contributed by atoms with van der Waals surface area (Å²) in [7, 11) is 0. The van der Waals surface area contributed by atoms with Gasteiger partial charge in [0.15, 0.2) is 0 Å². The Morgan fingerprint density at radius 2 is 1.67 bits per heavy atom. The van der Waals surface area contributed by atoms with Gasteiger partial charge < -0.3 is 0 Å². The van der Waals surface area contributed by atoms with Gasteiger partial charge in [0, 0.05) is 24.5 Å². The molecule has 0 unspecified atom stereocenters. The zero-order chi connectivity index (χ0) is 13.0. The second-order valence-electron chi connectivity index (χ2n) is 6.74. The van der Waals surface area contributed by atoms with E-state index < -0.39 is 0 Å². The molecular weight excluding hydrogens is 286 g/mol. The minimum atomic E-state index is 0.543. The fourth-order valence-corrected chi connectivity index (χ4v) is 4.10. The van der Waals surface area contributed by atoms with E-state index in [1.165, 1.54) is 69.8 Å². The van der Waals surface area contributed by atoms with Crippen molar-refractivity contribution in [3.05, 3.63) is 0 Å². The highest BCUT2D eigenvalue weighted by Crippen LogP contribution is 2.40. The summed E-state index contributed by atoms with van der Waals surface area (Å²) < 4.78 is 0. The normalized spacial score (nSPS) is 20.7. The van der Waals surface area contributed by atoms with Gasteiger partial charge in [0.05, 0.1) is 0 Å². The van der Waals surface area contributed by atoms with Gasteiger partial charge in [-0.25, -0.2) is 0 Å². The van der Waals surface area contributed by atoms with Crippen LogP contribution in [-0.2, 0) is 0 Å². The van der Waals surface area contributed by atoms with Gasteiger partial charge in [-0.2, -0.15) is 0 Å². The Morgan fingerprint density at radius 1 is 1.06 bits per heavy atom. The average molecular weight is 316 g/mol. The first-order chi connectivity index (χ1) is 8.73. The third-order valence-corrected chi connectivity index (χ3v) is 5.83. The van der Waals surface area contributed by atoms with Crippen LogP contribution in [0, 0.1) is 11.3 Å². The van der Waals surface area contributed by atoms with Crippen LogP contribution in [0.4, 0.5) is 0 Å². The van der Waals surface area contributed by atoms with Crippen molar-refractivity contribution in [2.24, 2.45) is 11.3 Å². The fraction of sp³-hybridized carbons (Fsp3) is 1.00. The first-order valence-corrected chi connectivity index (χ1v) is 9.15. The summed E-state index contributed by atoms with van der Waals surface area (Å²) in [5.74, 6) is 1.04. The lowest BCUT2D eigenvalue weighted by atomic mass is 9.80. The van der Waals surface area contributed by atoms with Crippen LogP contribution < -0.4 is 0 Å². The smallest absolute Gasteiger partial charge is 0.0100 e. The van der Waals surface area contributed by atoms with Crippen molar-refractivity contribution >= 4 is 15.9 Å². The van der Waals surface area contributed by atoms with Crippen molar-refractivity contribution in [3.63, 3.8) is 0 Å². The van der Waals surface area contributed by atoms with Crippen LogP contribution in [0.25, 0.3) is 0 Å². The van der Waals surface area contributed by atoms with E-state index in [0.29, 0.717) is 5.41 Å². The van der Waals surface area contributed by atoms with Gasteiger partial charge in [-0.3, -0.25) is 4.90 Å². The molecule has 2 saturated carbocycles. The third-order valence-electron chi connectivity index (χ3n) is 4.64. The molecule has 0 amide bonds. The largest absolute Gasteiger partial charge is 0.300 e. The second-order valence-corrected chi connectivity index (χ2v) is 7.30. The second kappa shape index (κ2) is 6.74. The van der Waals surface area contributed by atoms with Gasteiger partial charge in [-0.1, -0.05) is 42.6 Å². The van der Waals surface area contributed by atoms with Crippen LogP contribution in [-0.4, -0.2) is 29.4 Å². The Hall–Kier alpha value is 0.440. The van der Waals surface area contributed by atoms with Crippen LogP contribution in [0.1, 0.15) is 65.2 Å². The van der Waals surface area contributed by atoms with Crippen LogP contribution >= 0.6 is 15.9 Å². The highest BCUT2D eigenvalue weighted by molar-refractivity contribution is 9.09. The molecule has 0 heterocycles. The molecule has 106 valence electrons. The maximum Gasteiger partial charge on any atom is 0.0100 e. The van der Waals surface area contributed by atoms with Crippen LogP contribution in [0.3, 0.4) is 0 Å². The molecule has 0 N–H and O–H groups in total. The predicted molar refractivity (Wildman–Crippen MR) is 83.4 cm³/mol. The van der Waals surface area contributed by atoms with Gasteiger partial charge in [-0.15, -0.1) is 0 Å². The number of nitrogens with zero attached hydrogens (tertiary/aromatic N) is 1. The summed E-state index contributed by atoms with van der Waals surface area (Å²) in [6.07, 6.45) is 11.3. The monoisotopic (exact) mass is 315 g/mol. The van der Waals surface area contributed by atoms with E-state index in [9.17, 15) is 0 Å². The molecule has 0 spiro atoms. The van der Waals surface area contributed by atoms with Gasteiger partial charge in [0.25, 0.3) is 0 Å². The molecule has 0 aromatic carbocycles. The molecule has 2 heteroatoms. The minimum absolute atomic E-state index is 0.543. The Balaban J connectivity index is 1.94. The number of alkyl halides is 1. The van der Waals surface area contributed by atoms with Crippen molar-refractivity contribution < 1.29 is 0 Å². The lowest BCUT2D eigenvalue weighted by Crippen LogP contribution is -2.41. The molecule has 0 aliphatic heterocycles. The van der Waals surface area contributed by atoms with E-state index >= 15 is 0 Å². The van der Waals surface area contributed by atoms with Crippen molar-refractivity contribution in [2.75, 3.05) is 18.4 Å². The average Bonchev–Trinajstić information content (AvgIpc) is 3.21. The van der Waals surface area contributed by atoms with Gasteiger partial charge in [-0.05, 0) is 49.9 Å². The van der Waals surface area contributed by atoms with Crippen molar-refractivity contribution in [3.8, 4) is 0 Å². The molecule has 0 aromatic heterocycles. The van der Waals surface area contributed by atoms with E-state index in [1.54, 1.807) is 0 Å². The summed E-state index contributed by atoms with van der Waals surface area (Å²) in [6, 6.07) is 0.942. The van der Waals surface area contributed by atoms with E-state index in [1.807, 2.05) is 0 Å². The fourth-order valence-electron chi connectivity index (χ4n) is 3.36. The molecule has 2 aliphatic carbocycles. The number of hydrogen-bond acceptors (Lipinski definition) is 1. The maximum absolute atomic E-state index is 3.83. The molecule has 1 nitrogen and oxygen atoms in total. The minimum Gasteiger partial charge on any atom is -0.300 e. The van der Waals surface area contributed by atoms with Gasteiger partial charge in [0.2, 0.25) is 0 Å². The lowest BCUT2D eigenvalue weighted by molar-refractivity contribution is 0.135. The molecule has 2 rings (SSSR count). The van der Waals surface area contributed by atoms with E-state index in [-0.39, 0.29) is 0 Å². The van der Waals surface area contributed by atoms with Crippen LogP contribution in [0.2, 0.25) is 0 Å². The molecule has 0 radical (unpaired) electrons. The third kappa shape index (κ3) is 4.23. The number of halogens is 1. The van der Waals surface area contributed by atoms with Crippen LogP contribution in [0.5, 0.6) is 0 Å². The standard InChI is InChI=1S/C16H30BrN/c1-3-9-16(12-17,10-4-2)13-18(15-7-8-15)11-14-5-6-14/h14-15H,3-13H2,1-2H3. The predicted octanol–water partition coefficient (Wildman–Crippen LogP) is 4.84. The summed E-state index contributed by atoms with van der Waals surface area (Å²) in [4.78, 5) is 2.85. The van der Waals surface area contributed by atoms with Gasteiger partial charge >= 0.3 is 0 Å². The van der Waals surface area contributed by atoms with Crippen molar-refractivity contribution in [1.29, 1.82) is 0 Å². The molecule has 0 saturated heterocycles. The maximum atomic E-state index is 3.83. The zero-order valence-electron chi connectivity index (χ0n) is 12.3. The molecule has 0 atom stereocenters. The molecule has 0 bridgehead atoms. The highest BCUT2D eigenvalue weighted by atomic mass is 79.9. The topological polar surface area (TPSA) is 3.24 Å². The number of hydrogen-bond donors (Lipinski definition) is 0. The van der Waals surface area contributed by atoms with Crippen molar-refractivity contribution in [1.82, 2.24) is 4.90 Å².